The van der Waals surface area contributed by atoms with Crippen LogP contribution in [0.15, 0.2) is 71.3 Å². The summed E-state index contributed by atoms with van der Waals surface area (Å²) in [5.74, 6) is -1.07. The monoisotopic (exact) mass is 349 g/mol. The van der Waals surface area contributed by atoms with Crippen molar-refractivity contribution in [2.75, 3.05) is 5.32 Å². The van der Waals surface area contributed by atoms with Crippen LogP contribution in [0.5, 0.6) is 0 Å². The van der Waals surface area contributed by atoms with Gasteiger partial charge in [0.15, 0.2) is 0 Å². The van der Waals surface area contributed by atoms with Crippen LogP contribution in [-0.4, -0.2) is 22.2 Å². The molecule has 0 saturated heterocycles. The van der Waals surface area contributed by atoms with E-state index in [4.69, 9.17) is 9.73 Å². The number of hydroxylamine groups is 1. The second-order valence-electron chi connectivity index (χ2n) is 5.29. The molecule has 1 aromatic heterocycles. The predicted octanol–water partition coefficient (Wildman–Crippen LogP) is 3.11. The van der Waals surface area contributed by atoms with E-state index in [1.165, 1.54) is 11.6 Å². The van der Waals surface area contributed by atoms with Crippen LogP contribution in [0.4, 0.5) is 5.69 Å². The summed E-state index contributed by atoms with van der Waals surface area (Å²) in [6.45, 7) is 0. The first kappa shape index (κ1) is 17.1. The molecule has 0 spiro atoms. The summed E-state index contributed by atoms with van der Waals surface area (Å²) in [5, 5.41) is 15.2. The Morgan fingerprint density at radius 1 is 1.04 bits per heavy atom. The molecule has 3 rings (SSSR count). The summed E-state index contributed by atoms with van der Waals surface area (Å²) in [6.07, 6.45) is 2.61. The normalized spacial score (nSPS) is 10.7. The highest BCUT2D eigenvalue weighted by molar-refractivity contribution is 6.04. The van der Waals surface area contributed by atoms with Crippen molar-refractivity contribution < 1.29 is 19.3 Å². The molecule has 2 aromatic carbocycles. The number of rotatable bonds is 5. The quantitative estimate of drug-likeness (QED) is 0.373. The molecule has 0 atom stereocenters. The first-order valence-corrected chi connectivity index (χ1v) is 7.72. The Labute approximate surface area is 148 Å². The number of carbonyl (C=O) groups is 2. The second-order valence-corrected chi connectivity index (χ2v) is 5.29. The lowest BCUT2D eigenvalue weighted by molar-refractivity contribution is -0.124. The zero-order valence-corrected chi connectivity index (χ0v) is 13.5. The molecule has 2 amide bonds. The Bertz CT molecular complexity index is 948. The van der Waals surface area contributed by atoms with Gasteiger partial charge in [-0.3, -0.25) is 14.8 Å². The molecule has 0 bridgehead atoms. The Morgan fingerprint density at radius 3 is 2.54 bits per heavy atom. The standard InChI is InChI=1S/C19H15N3O4/c23-18(21-25)11-10-14-8-4-5-9-15(14)20-19(24)17-12-16(22-26-17)13-6-2-1-3-7-13/h1-12,25H,(H,20,24)(H,21,23)/b11-10+. The maximum atomic E-state index is 12.4. The van der Waals surface area contributed by atoms with E-state index in [2.05, 4.69) is 10.5 Å². The largest absolute Gasteiger partial charge is 0.350 e. The Balaban J connectivity index is 1.78. The van der Waals surface area contributed by atoms with E-state index in [1.807, 2.05) is 30.3 Å². The number of benzene rings is 2. The van der Waals surface area contributed by atoms with Crippen LogP contribution < -0.4 is 10.8 Å². The molecule has 0 fully saturated rings. The van der Waals surface area contributed by atoms with Crippen molar-refractivity contribution in [1.82, 2.24) is 10.6 Å². The average molecular weight is 349 g/mol. The third kappa shape index (κ3) is 4.03. The summed E-state index contributed by atoms with van der Waals surface area (Å²) >= 11 is 0. The Kier molecular flexibility index (Phi) is 5.21. The minimum atomic E-state index is -0.672. The first-order chi connectivity index (χ1) is 12.7. The van der Waals surface area contributed by atoms with Crippen LogP contribution in [0.1, 0.15) is 16.1 Å². The SMILES string of the molecule is O=C(/C=C/c1ccccc1NC(=O)c1cc(-c2ccccc2)no1)NO. The van der Waals surface area contributed by atoms with Crippen LogP contribution in [0.25, 0.3) is 17.3 Å². The van der Waals surface area contributed by atoms with Crippen molar-refractivity contribution >= 4 is 23.6 Å². The summed E-state index contributed by atoms with van der Waals surface area (Å²) in [6, 6.07) is 17.8. The van der Waals surface area contributed by atoms with Gasteiger partial charge in [0.2, 0.25) is 5.76 Å². The lowest BCUT2D eigenvalue weighted by atomic mass is 10.1. The molecule has 0 unspecified atom stereocenters. The van der Waals surface area contributed by atoms with Crippen molar-refractivity contribution in [3.05, 3.63) is 78.1 Å². The molecule has 0 radical (unpaired) electrons. The lowest BCUT2D eigenvalue weighted by Crippen LogP contribution is -2.15. The summed E-state index contributed by atoms with van der Waals surface area (Å²) < 4.78 is 5.13. The van der Waals surface area contributed by atoms with E-state index < -0.39 is 11.8 Å². The maximum absolute atomic E-state index is 12.4. The number of anilines is 1. The minimum absolute atomic E-state index is 0.0655. The third-order valence-electron chi connectivity index (χ3n) is 3.54. The number of amides is 2. The van der Waals surface area contributed by atoms with E-state index in [0.717, 1.165) is 11.6 Å². The van der Waals surface area contributed by atoms with Gasteiger partial charge in [0, 0.05) is 23.4 Å². The number of nitrogens with one attached hydrogen (secondary N) is 2. The van der Waals surface area contributed by atoms with Crippen LogP contribution in [-0.2, 0) is 4.79 Å². The molecule has 3 N–H and O–H groups in total. The molecular weight excluding hydrogens is 334 g/mol. The molecular formula is C19H15N3O4. The van der Waals surface area contributed by atoms with E-state index in [-0.39, 0.29) is 5.76 Å². The molecule has 130 valence electrons. The van der Waals surface area contributed by atoms with Crippen molar-refractivity contribution in [1.29, 1.82) is 0 Å². The number of hydrogen-bond acceptors (Lipinski definition) is 5. The van der Waals surface area contributed by atoms with Crippen molar-refractivity contribution in [3.8, 4) is 11.3 Å². The van der Waals surface area contributed by atoms with Gasteiger partial charge in [-0.25, -0.2) is 5.48 Å². The van der Waals surface area contributed by atoms with Gasteiger partial charge < -0.3 is 9.84 Å². The molecule has 26 heavy (non-hydrogen) atoms. The van der Waals surface area contributed by atoms with Gasteiger partial charge in [0.25, 0.3) is 11.8 Å². The highest BCUT2D eigenvalue weighted by Gasteiger charge is 2.15. The van der Waals surface area contributed by atoms with Gasteiger partial charge >= 0.3 is 0 Å². The molecule has 0 saturated carbocycles. The first-order valence-electron chi connectivity index (χ1n) is 7.72. The number of carbonyl (C=O) groups excluding carboxylic acids is 2. The van der Waals surface area contributed by atoms with Gasteiger partial charge in [-0.05, 0) is 17.7 Å². The predicted molar refractivity (Wildman–Crippen MR) is 95.3 cm³/mol. The minimum Gasteiger partial charge on any atom is -0.350 e. The van der Waals surface area contributed by atoms with Crippen molar-refractivity contribution in [3.63, 3.8) is 0 Å². The number of nitrogens with zero attached hydrogens (tertiary/aromatic N) is 1. The van der Waals surface area contributed by atoms with E-state index in [1.54, 1.807) is 30.3 Å². The van der Waals surface area contributed by atoms with Gasteiger partial charge in [0.05, 0.1) is 0 Å². The fourth-order valence-corrected chi connectivity index (χ4v) is 2.27. The number of aromatic nitrogens is 1. The molecule has 7 nitrogen and oxygen atoms in total. The average Bonchev–Trinajstić information content (AvgIpc) is 3.18. The van der Waals surface area contributed by atoms with E-state index in [0.29, 0.717) is 16.9 Å². The molecule has 0 aliphatic heterocycles. The van der Waals surface area contributed by atoms with Crippen LogP contribution in [0.2, 0.25) is 0 Å². The number of para-hydroxylation sites is 1. The van der Waals surface area contributed by atoms with Gasteiger partial charge in [-0.15, -0.1) is 0 Å². The molecule has 7 heteroatoms. The lowest BCUT2D eigenvalue weighted by Gasteiger charge is -2.06. The fourth-order valence-electron chi connectivity index (χ4n) is 2.27. The molecule has 0 aliphatic carbocycles. The number of hydrogen-bond donors (Lipinski definition) is 3. The smallest absolute Gasteiger partial charge is 0.294 e. The molecule has 1 heterocycles. The second kappa shape index (κ2) is 7.91. The van der Waals surface area contributed by atoms with E-state index in [9.17, 15) is 9.59 Å². The highest BCUT2D eigenvalue weighted by atomic mass is 16.5. The van der Waals surface area contributed by atoms with E-state index >= 15 is 0 Å². The summed E-state index contributed by atoms with van der Waals surface area (Å²) in [5.41, 5.74) is 3.98. The van der Waals surface area contributed by atoms with Crippen LogP contribution >= 0.6 is 0 Å². The van der Waals surface area contributed by atoms with Crippen molar-refractivity contribution in [2.45, 2.75) is 0 Å². The van der Waals surface area contributed by atoms with Gasteiger partial charge in [-0.1, -0.05) is 53.7 Å². The zero-order chi connectivity index (χ0) is 18.4. The molecule has 3 aromatic rings. The summed E-state index contributed by atoms with van der Waals surface area (Å²) in [7, 11) is 0. The fraction of sp³-hybridized carbons (Fsp3) is 0. The van der Waals surface area contributed by atoms with Crippen LogP contribution in [0, 0.1) is 0 Å². The van der Waals surface area contributed by atoms with Gasteiger partial charge in [0.1, 0.15) is 5.69 Å². The topological polar surface area (TPSA) is 104 Å². The maximum Gasteiger partial charge on any atom is 0.294 e. The third-order valence-corrected chi connectivity index (χ3v) is 3.54. The van der Waals surface area contributed by atoms with Crippen LogP contribution in [0.3, 0.4) is 0 Å². The summed E-state index contributed by atoms with van der Waals surface area (Å²) in [4.78, 5) is 23.5. The molecule has 0 aliphatic rings. The van der Waals surface area contributed by atoms with Crippen molar-refractivity contribution in [2.24, 2.45) is 0 Å². The van der Waals surface area contributed by atoms with Gasteiger partial charge in [-0.2, -0.15) is 0 Å². The highest BCUT2D eigenvalue weighted by Crippen LogP contribution is 2.21. The Morgan fingerprint density at radius 2 is 1.77 bits per heavy atom. The zero-order valence-electron chi connectivity index (χ0n) is 13.5. The Hall–Kier alpha value is -3.71.